The summed E-state index contributed by atoms with van der Waals surface area (Å²) in [5.41, 5.74) is 0.961. The summed E-state index contributed by atoms with van der Waals surface area (Å²) in [7, 11) is 0. The zero-order valence-electron chi connectivity index (χ0n) is 13.8. The van der Waals surface area contributed by atoms with E-state index >= 15 is 0 Å². The van der Waals surface area contributed by atoms with Crippen molar-refractivity contribution < 1.29 is 19.2 Å². The summed E-state index contributed by atoms with van der Waals surface area (Å²) in [6, 6.07) is 8.35. The maximum Gasteiger partial charge on any atom is 0.340 e. The molecule has 0 saturated heterocycles. The minimum absolute atomic E-state index is 0.0733. The predicted molar refractivity (Wildman–Crippen MR) is 97.8 cm³/mol. The van der Waals surface area contributed by atoms with Gasteiger partial charge in [0.25, 0.3) is 11.6 Å². The Morgan fingerprint density at radius 2 is 1.88 bits per heavy atom. The van der Waals surface area contributed by atoms with Crippen LogP contribution in [-0.2, 0) is 9.53 Å². The third kappa shape index (κ3) is 4.71. The first-order valence-electron chi connectivity index (χ1n) is 7.41. The van der Waals surface area contributed by atoms with Gasteiger partial charge in [0, 0.05) is 22.8 Å². The molecule has 0 unspecified atom stereocenters. The second-order valence-electron chi connectivity index (χ2n) is 5.42. The summed E-state index contributed by atoms with van der Waals surface area (Å²) in [5.74, 6) is -1.42. The van der Waals surface area contributed by atoms with E-state index in [1.54, 1.807) is 25.1 Å². The molecule has 9 heteroatoms. The highest BCUT2D eigenvalue weighted by Crippen LogP contribution is 2.24. The summed E-state index contributed by atoms with van der Waals surface area (Å²) in [6.45, 7) is 3.19. The van der Waals surface area contributed by atoms with Gasteiger partial charge in [-0.25, -0.2) is 4.79 Å². The minimum atomic E-state index is -1.12. The molecule has 7 nitrogen and oxygen atoms in total. The quantitative estimate of drug-likeness (QED) is 0.458. The molecule has 0 radical (unpaired) electrons. The van der Waals surface area contributed by atoms with Gasteiger partial charge in [0.05, 0.1) is 15.5 Å². The highest BCUT2D eigenvalue weighted by Gasteiger charge is 2.22. The van der Waals surface area contributed by atoms with Crippen LogP contribution >= 0.6 is 23.2 Å². The lowest BCUT2D eigenvalue weighted by molar-refractivity contribution is -0.384. The molecule has 1 amide bonds. The lowest BCUT2D eigenvalue weighted by Gasteiger charge is -2.15. The molecule has 2 aromatic rings. The van der Waals surface area contributed by atoms with Crippen LogP contribution in [0.4, 0.5) is 11.4 Å². The number of hydrogen-bond donors (Lipinski definition) is 1. The molecule has 26 heavy (non-hydrogen) atoms. The zero-order valence-corrected chi connectivity index (χ0v) is 15.3. The number of aryl methyl sites for hydroxylation is 1. The van der Waals surface area contributed by atoms with Crippen LogP contribution in [0.5, 0.6) is 0 Å². The molecular formula is C17H14Cl2N2O5. The van der Waals surface area contributed by atoms with Gasteiger partial charge in [-0.3, -0.25) is 14.9 Å². The van der Waals surface area contributed by atoms with Crippen molar-refractivity contribution in [2.24, 2.45) is 0 Å². The van der Waals surface area contributed by atoms with Crippen LogP contribution in [0.25, 0.3) is 0 Å². The Kier molecular flexibility index (Phi) is 6.18. The maximum atomic E-state index is 12.2. The van der Waals surface area contributed by atoms with Crippen molar-refractivity contribution in [3.05, 3.63) is 67.7 Å². The van der Waals surface area contributed by atoms with Gasteiger partial charge in [0.1, 0.15) is 0 Å². The van der Waals surface area contributed by atoms with E-state index in [1.165, 1.54) is 13.0 Å². The van der Waals surface area contributed by atoms with Crippen molar-refractivity contribution in [1.29, 1.82) is 0 Å². The molecule has 0 bridgehead atoms. The third-order valence-electron chi connectivity index (χ3n) is 3.49. The number of amides is 1. The molecule has 0 saturated carbocycles. The molecule has 0 aliphatic carbocycles. The fourth-order valence-electron chi connectivity index (χ4n) is 2.02. The first-order chi connectivity index (χ1) is 12.2. The van der Waals surface area contributed by atoms with E-state index in [0.29, 0.717) is 10.7 Å². The lowest BCUT2D eigenvalue weighted by Crippen LogP contribution is -2.30. The largest absolute Gasteiger partial charge is 0.449 e. The highest BCUT2D eigenvalue weighted by molar-refractivity contribution is 6.33. The number of esters is 1. The van der Waals surface area contributed by atoms with Crippen LogP contribution in [0, 0.1) is 17.0 Å². The van der Waals surface area contributed by atoms with Crippen LogP contribution in [0.1, 0.15) is 22.8 Å². The van der Waals surface area contributed by atoms with Gasteiger partial charge in [-0.05, 0) is 37.6 Å². The number of non-ortho nitro benzene ring substituents is 1. The lowest BCUT2D eigenvalue weighted by atomic mass is 10.2. The number of carbonyl (C=O) groups excluding carboxylic acids is 2. The number of nitrogens with zero attached hydrogens (tertiary/aromatic N) is 1. The molecule has 1 atom stereocenters. The highest BCUT2D eigenvalue weighted by atomic mass is 35.5. The monoisotopic (exact) mass is 396 g/mol. The van der Waals surface area contributed by atoms with Crippen molar-refractivity contribution >= 4 is 46.5 Å². The van der Waals surface area contributed by atoms with Crippen molar-refractivity contribution in [3.63, 3.8) is 0 Å². The van der Waals surface area contributed by atoms with Gasteiger partial charge in [0.15, 0.2) is 6.10 Å². The first kappa shape index (κ1) is 19.7. The Morgan fingerprint density at radius 1 is 1.19 bits per heavy atom. The molecular weight excluding hydrogens is 383 g/mol. The Balaban J connectivity index is 2.07. The zero-order chi connectivity index (χ0) is 19.4. The van der Waals surface area contributed by atoms with Crippen LogP contribution in [0.15, 0.2) is 36.4 Å². The van der Waals surface area contributed by atoms with Crippen LogP contribution in [-0.4, -0.2) is 22.9 Å². The molecule has 0 aliphatic rings. The molecule has 0 heterocycles. The molecule has 1 N–H and O–H groups in total. The van der Waals surface area contributed by atoms with Gasteiger partial charge in [-0.2, -0.15) is 0 Å². The standard InChI is InChI=1S/C17H14Cl2N2O5/c1-9-3-4-11(18)7-15(9)20-16(22)10(2)26-17(23)13-6-5-12(21(24)25)8-14(13)19/h3-8,10H,1-2H3,(H,20,22)/t10-/m0/s1. The van der Waals surface area contributed by atoms with Gasteiger partial charge in [-0.1, -0.05) is 29.3 Å². The number of halogens is 2. The van der Waals surface area contributed by atoms with E-state index < -0.39 is 22.9 Å². The molecule has 2 rings (SSSR count). The number of nitro groups is 1. The smallest absolute Gasteiger partial charge is 0.340 e. The Labute approximate surface area is 159 Å². The minimum Gasteiger partial charge on any atom is -0.449 e. The Hall–Kier alpha value is -2.64. The molecule has 0 aromatic heterocycles. The molecule has 136 valence electrons. The van der Waals surface area contributed by atoms with Gasteiger partial charge in [0.2, 0.25) is 0 Å². The van der Waals surface area contributed by atoms with E-state index in [0.717, 1.165) is 17.7 Å². The number of rotatable bonds is 5. The van der Waals surface area contributed by atoms with Crippen LogP contribution < -0.4 is 5.32 Å². The predicted octanol–water partition coefficient (Wildman–Crippen LogP) is 4.39. The number of nitro benzene ring substituents is 1. The normalized spacial score (nSPS) is 11.5. The van der Waals surface area contributed by atoms with E-state index in [4.69, 9.17) is 27.9 Å². The van der Waals surface area contributed by atoms with Crippen molar-refractivity contribution in [2.75, 3.05) is 5.32 Å². The second-order valence-corrected chi connectivity index (χ2v) is 6.26. The average molecular weight is 397 g/mol. The maximum absolute atomic E-state index is 12.2. The number of nitrogens with one attached hydrogen (secondary N) is 1. The average Bonchev–Trinajstić information content (AvgIpc) is 2.57. The topological polar surface area (TPSA) is 98.5 Å². The molecule has 0 spiro atoms. The first-order valence-corrected chi connectivity index (χ1v) is 8.16. The molecule has 0 aliphatic heterocycles. The summed E-state index contributed by atoms with van der Waals surface area (Å²) in [4.78, 5) is 34.4. The summed E-state index contributed by atoms with van der Waals surface area (Å²) >= 11 is 11.8. The van der Waals surface area contributed by atoms with E-state index in [1.807, 2.05) is 0 Å². The summed E-state index contributed by atoms with van der Waals surface area (Å²) in [5, 5.41) is 13.6. The van der Waals surface area contributed by atoms with Crippen LogP contribution in [0.3, 0.4) is 0 Å². The number of anilines is 1. The fraction of sp³-hybridized carbons (Fsp3) is 0.176. The molecule has 0 fully saturated rings. The van der Waals surface area contributed by atoms with Gasteiger partial charge >= 0.3 is 5.97 Å². The van der Waals surface area contributed by atoms with Gasteiger partial charge < -0.3 is 10.1 Å². The second kappa shape index (κ2) is 8.16. The van der Waals surface area contributed by atoms with Crippen molar-refractivity contribution in [3.8, 4) is 0 Å². The van der Waals surface area contributed by atoms with Crippen LogP contribution in [0.2, 0.25) is 10.0 Å². The van der Waals surface area contributed by atoms with Gasteiger partial charge in [-0.15, -0.1) is 0 Å². The molecule has 2 aromatic carbocycles. The Bertz CT molecular complexity index is 885. The number of benzene rings is 2. The van der Waals surface area contributed by atoms with E-state index in [9.17, 15) is 19.7 Å². The van der Waals surface area contributed by atoms with E-state index in [2.05, 4.69) is 5.32 Å². The number of ether oxygens (including phenoxy) is 1. The Morgan fingerprint density at radius 3 is 2.50 bits per heavy atom. The third-order valence-corrected chi connectivity index (χ3v) is 4.04. The van der Waals surface area contributed by atoms with E-state index in [-0.39, 0.29) is 16.3 Å². The van der Waals surface area contributed by atoms with Crippen molar-refractivity contribution in [2.45, 2.75) is 20.0 Å². The summed E-state index contributed by atoms with van der Waals surface area (Å²) in [6.07, 6.45) is -1.12. The number of carbonyl (C=O) groups is 2. The number of hydrogen-bond acceptors (Lipinski definition) is 5. The summed E-state index contributed by atoms with van der Waals surface area (Å²) < 4.78 is 5.08. The SMILES string of the molecule is Cc1ccc(Cl)cc1NC(=O)[C@H](C)OC(=O)c1ccc([N+](=O)[O-])cc1Cl. The fourth-order valence-corrected chi connectivity index (χ4v) is 2.45. The van der Waals surface area contributed by atoms with Crippen molar-refractivity contribution in [1.82, 2.24) is 0 Å².